The van der Waals surface area contributed by atoms with Crippen LogP contribution in [-0.2, 0) is 21.5 Å². The lowest BCUT2D eigenvalue weighted by atomic mass is 9.67. The molecule has 0 aliphatic carbocycles. The van der Waals surface area contributed by atoms with Gasteiger partial charge in [-0.05, 0) is 50.7 Å². The lowest BCUT2D eigenvalue weighted by Gasteiger charge is -2.47. The number of fused-ring (bicyclic) bond motifs is 4. The van der Waals surface area contributed by atoms with E-state index in [1.54, 1.807) is 6.07 Å². The van der Waals surface area contributed by atoms with Gasteiger partial charge in [-0.1, -0.05) is 36.4 Å². The summed E-state index contributed by atoms with van der Waals surface area (Å²) >= 11 is 0. The summed E-state index contributed by atoms with van der Waals surface area (Å²) in [6.07, 6.45) is 3.29. The van der Waals surface area contributed by atoms with Crippen molar-refractivity contribution in [2.24, 2.45) is 5.92 Å². The predicted molar refractivity (Wildman–Crippen MR) is 120 cm³/mol. The van der Waals surface area contributed by atoms with E-state index in [4.69, 9.17) is 4.74 Å². The summed E-state index contributed by atoms with van der Waals surface area (Å²) in [7, 11) is 0. The number of rotatable bonds is 3. The van der Waals surface area contributed by atoms with Crippen LogP contribution >= 0.6 is 0 Å². The Morgan fingerprint density at radius 2 is 1.87 bits per heavy atom. The van der Waals surface area contributed by atoms with Gasteiger partial charge in [-0.2, -0.15) is 0 Å². The Kier molecular flexibility index (Phi) is 5.04. The van der Waals surface area contributed by atoms with E-state index in [0.717, 1.165) is 38.0 Å². The molecule has 0 N–H and O–H groups in total. The van der Waals surface area contributed by atoms with Crippen LogP contribution < -0.4 is 5.56 Å². The average molecular weight is 421 g/mol. The SMILES string of the molecule is CC1(C)CC(CC(=O)N2C[C@@H]3C[C@@H](C2)c2cccc(=O)n2C3)(c2ccccc2)CCO1. The van der Waals surface area contributed by atoms with Crippen LogP contribution in [0.15, 0.2) is 53.3 Å². The molecular weight excluding hydrogens is 388 g/mol. The fourth-order valence-electron chi connectivity index (χ4n) is 6.27. The van der Waals surface area contributed by atoms with Crippen LogP contribution in [0.5, 0.6) is 0 Å². The molecule has 2 bridgehead atoms. The van der Waals surface area contributed by atoms with Gasteiger partial charge in [-0.25, -0.2) is 0 Å². The summed E-state index contributed by atoms with van der Waals surface area (Å²) in [5.74, 6) is 0.848. The fourth-order valence-corrected chi connectivity index (χ4v) is 6.27. The predicted octanol–water partition coefficient (Wildman–Crippen LogP) is 3.71. The van der Waals surface area contributed by atoms with Crippen LogP contribution in [0, 0.1) is 5.92 Å². The summed E-state index contributed by atoms with van der Waals surface area (Å²) in [5.41, 5.74) is 1.98. The molecule has 1 aromatic heterocycles. The van der Waals surface area contributed by atoms with E-state index in [9.17, 15) is 9.59 Å². The summed E-state index contributed by atoms with van der Waals surface area (Å²) in [6, 6.07) is 16.1. The molecule has 1 unspecified atom stereocenters. The van der Waals surface area contributed by atoms with Crippen molar-refractivity contribution in [3.8, 4) is 0 Å². The molecule has 31 heavy (non-hydrogen) atoms. The van der Waals surface area contributed by atoms with Crippen LogP contribution in [0.4, 0.5) is 0 Å². The molecule has 3 aliphatic heterocycles. The highest BCUT2D eigenvalue weighted by atomic mass is 16.5. The van der Waals surface area contributed by atoms with Gasteiger partial charge < -0.3 is 14.2 Å². The van der Waals surface area contributed by atoms with Crippen molar-refractivity contribution < 1.29 is 9.53 Å². The third-order valence-electron chi connectivity index (χ3n) is 7.55. The number of carbonyl (C=O) groups excluding carboxylic acids is 1. The molecule has 3 aliphatic rings. The van der Waals surface area contributed by atoms with Crippen LogP contribution in [0.25, 0.3) is 0 Å². The van der Waals surface area contributed by atoms with Gasteiger partial charge in [0.15, 0.2) is 0 Å². The Balaban J connectivity index is 1.40. The quantitative estimate of drug-likeness (QED) is 0.761. The fraction of sp³-hybridized carbons (Fsp3) is 0.538. The Hall–Kier alpha value is -2.40. The number of aromatic nitrogens is 1. The van der Waals surface area contributed by atoms with Crippen molar-refractivity contribution >= 4 is 5.91 Å². The second kappa shape index (κ2) is 7.63. The molecule has 2 aromatic rings. The van der Waals surface area contributed by atoms with Gasteiger partial charge in [-0.15, -0.1) is 0 Å². The second-order valence-corrected chi connectivity index (χ2v) is 10.4. The van der Waals surface area contributed by atoms with Gasteiger partial charge in [0.25, 0.3) is 5.56 Å². The van der Waals surface area contributed by atoms with Gasteiger partial charge in [0, 0.05) is 55.8 Å². The van der Waals surface area contributed by atoms with Crippen molar-refractivity contribution in [3.05, 3.63) is 70.1 Å². The van der Waals surface area contributed by atoms with Crippen molar-refractivity contribution in [1.82, 2.24) is 9.47 Å². The van der Waals surface area contributed by atoms with E-state index in [-0.39, 0.29) is 28.4 Å². The first-order valence-electron chi connectivity index (χ1n) is 11.5. The lowest BCUT2D eigenvalue weighted by Crippen LogP contribution is -2.52. The molecule has 2 fully saturated rings. The number of hydrogen-bond donors (Lipinski definition) is 0. The molecule has 5 rings (SSSR count). The number of ether oxygens (including phenoxy) is 1. The number of hydrogen-bond acceptors (Lipinski definition) is 3. The zero-order chi connectivity index (χ0) is 21.6. The highest BCUT2D eigenvalue weighted by Crippen LogP contribution is 2.45. The van der Waals surface area contributed by atoms with E-state index in [1.807, 2.05) is 16.7 Å². The van der Waals surface area contributed by atoms with Gasteiger partial charge in [0.05, 0.1) is 5.60 Å². The molecule has 1 aromatic carbocycles. The maximum atomic E-state index is 13.7. The average Bonchev–Trinajstić information content (AvgIpc) is 2.74. The zero-order valence-corrected chi connectivity index (χ0v) is 18.5. The van der Waals surface area contributed by atoms with E-state index in [2.05, 4.69) is 49.1 Å². The Morgan fingerprint density at radius 1 is 1.06 bits per heavy atom. The number of nitrogens with zero attached hydrogens (tertiary/aromatic N) is 2. The molecule has 164 valence electrons. The third-order valence-corrected chi connectivity index (χ3v) is 7.55. The Morgan fingerprint density at radius 3 is 2.65 bits per heavy atom. The molecule has 4 heterocycles. The van der Waals surface area contributed by atoms with Crippen molar-refractivity contribution in [1.29, 1.82) is 0 Å². The van der Waals surface area contributed by atoms with Crippen molar-refractivity contribution in [3.63, 3.8) is 0 Å². The summed E-state index contributed by atoms with van der Waals surface area (Å²) in [6.45, 7) is 7.13. The number of likely N-dealkylation sites (tertiary alicyclic amines) is 1. The standard InChI is InChI=1S/C26H32N2O3/c1-25(2)18-26(11-12-31-25,21-7-4-3-5-8-21)14-24(30)27-15-19-13-20(17-27)22-9-6-10-23(29)28(22)16-19/h3-10,19-20H,11-18H2,1-2H3/t19-,20-,26?/m0/s1. The topological polar surface area (TPSA) is 51.5 Å². The molecule has 5 nitrogen and oxygen atoms in total. The number of benzene rings is 1. The lowest BCUT2D eigenvalue weighted by molar-refractivity contribution is -0.139. The number of pyridine rings is 1. The molecule has 3 atom stereocenters. The first-order valence-corrected chi connectivity index (χ1v) is 11.5. The molecule has 0 radical (unpaired) electrons. The summed E-state index contributed by atoms with van der Waals surface area (Å²) < 4.78 is 7.95. The third kappa shape index (κ3) is 3.84. The monoisotopic (exact) mass is 420 g/mol. The summed E-state index contributed by atoms with van der Waals surface area (Å²) in [4.78, 5) is 28.1. The van der Waals surface area contributed by atoms with E-state index in [1.165, 1.54) is 5.56 Å². The van der Waals surface area contributed by atoms with Crippen LogP contribution in [0.2, 0.25) is 0 Å². The van der Waals surface area contributed by atoms with Gasteiger partial charge in [0.1, 0.15) is 0 Å². The highest BCUT2D eigenvalue weighted by Gasteiger charge is 2.45. The summed E-state index contributed by atoms with van der Waals surface area (Å²) in [5, 5.41) is 0. The van der Waals surface area contributed by atoms with Gasteiger partial charge in [-0.3, -0.25) is 9.59 Å². The largest absolute Gasteiger partial charge is 0.376 e. The maximum Gasteiger partial charge on any atom is 0.250 e. The molecule has 0 spiro atoms. The van der Waals surface area contributed by atoms with Crippen molar-refractivity contribution in [2.45, 2.75) is 63.0 Å². The maximum absolute atomic E-state index is 13.7. The van der Waals surface area contributed by atoms with E-state index >= 15 is 0 Å². The molecule has 2 saturated heterocycles. The zero-order valence-electron chi connectivity index (χ0n) is 18.5. The van der Waals surface area contributed by atoms with Crippen molar-refractivity contribution in [2.75, 3.05) is 19.7 Å². The number of piperidine rings is 1. The van der Waals surface area contributed by atoms with Crippen LogP contribution in [-0.4, -0.2) is 40.7 Å². The normalized spacial score (nSPS) is 29.3. The molecule has 0 saturated carbocycles. The number of carbonyl (C=O) groups is 1. The first-order chi connectivity index (χ1) is 14.9. The minimum atomic E-state index is -0.243. The van der Waals surface area contributed by atoms with E-state index in [0.29, 0.717) is 25.5 Å². The molecule has 5 heteroatoms. The number of amides is 1. The Labute approximate surface area is 184 Å². The van der Waals surface area contributed by atoms with E-state index < -0.39 is 0 Å². The minimum absolute atomic E-state index is 0.0828. The van der Waals surface area contributed by atoms with Gasteiger partial charge >= 0.3 is 0 Å². The Bertz CT molecular complexity index is 1030. The minimum Gasteiger partial charge on any atom is -0.376 e. The van der Waals surface area contributed by atoms with Crippen LogP contribution in [0.3, 0.4) is 0 Å². The smallest absolute Gasteiger partial charge is 0.250 e. The van der Waals surface area contributed by atoms with Crippen LogP contribution in [0.1, 0.15) is 56.7 Å². The molecular formula is C26H32N2O3. The highest BCUT2D eigenvalue weighted by molar-refractivity contribution is 5.78. The second-order valence-electron chi connectivity index (χ2n) is 10.4. The first kappa shape index (κ1) is 20.5. The molecule has 1 amide bonds. The van der Waals surface area contributed by atoms with Gasteiger partial charge in [0.2, 0.25) is 5.91 Å².